The molecule has 1 aliphatic rings. The van der Waals surface area contributed by atoms with Crippen molar-refractivity contribution in [1.82, 2.24) is 9.76 Å². The molecule has 1 aromatic rings. The molecule has 2 rings (SSSR count). The summed E-state index contributed by atoms with van der Waals surface area (Å²) >= 11 is 0. The van der Waals surface area contributed by atoms with Gasteiger partial charge in [0.05, 0.1) is 0 Å². The summed E-state index contributed by atoms with van der Waals surface area (Å²) in [5.41, 5.74) is 1.43. The highest BCUT2D eigenvalue weighted by molar-refractivity contribution is 5.88. The lowest BCUT2D eigenvalue weighted by molar-refractivity contribution is 0.184. The second-order valence-electron chi connectivity index (χ2n) is 3.20. The minimum absolute atomic E-state index is 0.601. The SMILES string of the molecule is CN(C)[N+]1([O-])C=Nc2ccccc21. The van der Waals surface area contributed by atoms with Crippen molar-refractivity contribution in [3.05, 3.63) is 29.5 Å². The summed E-state index contributed by atoms with van der Waals surface area (Å²) in [6.07, 6.45) is 1.39. The topological polar surface area (TPSA) is 38.7 Å². The Balaban J connectivity index is 2.55. The van der Waals surface area contributed by atoms with Crippen molar-refractivity contribution in [3.8, 4) is 0 Å². The summed E-state index contributed by atoms with van der Waals surface area (Å²) in [4.78, 5) is 4.07. The third-order valence-corrected chi connectivity index (χ3v) is 2.17. The van der Waals surface area contributed by atoms with Crippen molar-refractivity contribution in [3.63, 3.8) is 0 Å². The number of hydrogen-bond acceptors (Lipinski definition) is 3. The number of hydrogen-bond donors (Lipinski definition) is 0. The van der Waals surface area contributed by atoms with Crippen LogP contribution in [0.25, 0.3) is 0 Å². The lowest BCUT2D eigenvalue weighted by Crippen LogP contribution is -2.51. The fourth-order valence-electron chi connectivity index (χ4n) is 1.37. The molecule has 1 aromatic carbocycles. The average Bonchev–Trinajstić information content (AvgIpc) is 2.47. The third-order valence-electron chi connectivity index (χ3n) is 2.17. The van der Waals surface area contributed by atoms with E-state index in [1.807, 2.05) is 18.2 Å². The van der Waals surface area contributed by atoms with Crippen LogP contribution in [0.4, 0.5) is 11.4 Å². The highest BCUT2D eigenvalue weighted by Gasteiger charge is 2.30. The van der Waals surface area contributed by atoms with Gasteiger partial charge in [0, 0.05) is 20.2 Å². The number of fused-ring (bicyclic) bond motifs is 1. The van der Waals surface area contributed by atoms with E-state index < -0.39 is 4.76 Å². The molecule has 0 amide bonds. The Morgan fingerprint density at radius 3 is 2.69 bits per heavy atom. The molecule has 0 bridgehead atoms. The van der Waals surface area contributed by atoms with Gasteiger partial charge in [0.25, 0.3) is 0 Å². The van der Waals surface area contributed by atoms with Crippen molar-refractivity contribution in [2.75, 3.05) is 14.1 Å². The van der Waals surface area contributed by atoms with Gasteiger partial charge in [-0.05, 0) is 6.07 Å². The number of rotatable bonds is 1. The normalized spacial score (nSPS) is 25.2. The molecule has 0 saturated carbocycles. The smallest absolute Gasteiger partial charge is 0.216 e. The van der Waals surface area contributed by atoms with Crippen LogP contribution in [0.5, 0.6) is 0 Å². The predicted octanol–water partition coefficient (Wildman–Crippen LogP) is 1.64. The molecule has 0 spiro atoms. The summed E-state index contributed by atoms with van der Waals surface area (Å²) in [6.45, 7) is 0. The van der Waals surface area contributed by atoms with E-state index in [1.54, 1.807) is 25.2 Å². The molecule has 0 radical (unpaired) electrons. The molecular weight excluding hydrogens is 166 g/mol. The fourth-order valence-corrected chi connectivity index (χ4v) is 1.37. The minimum Gasteiger partial charge on any atom is -0.600 e. The molecule has 0 aromatic heterocycles. The molecule has 4 nitrogen and oxygen atoms in total. The molecular formula is C9H11N3O. The maximum atomic E-state index is 12.1. The molecule has 0 saturated heterocycles. The lowest BCUT2D eigenvalue weighted by atomic mass is 10.3. The molecule has 0 fully saturated rings. The zero-order chi connectivity index (χ0) is 9.47. The third kappa shape index (κ3) is 1.07. The molecule has 1 heterocycles. The summed E-state index contributed by atoms with van der Waals surface area (Å²) in [5, 5.41) is 13.7. The molecule has 1 unspecified atom stereocenters. The van der Waals surface area contributed by atoms with E-state index in [0.717, 1.165) is 5.69 Å². The van der Waals surface area contributed by atoms with Gasteiger partial charge in [-0.15, -0.1) is 0 Å². The van der Waals surface area contributed by atoms with Crippen LogP contribution in [-0.2, 0) is 0 Å². The van der Waals surface area contributed by atoms with Gasteiger partial charge in [0.15, 0.2) is 5.69 Å². The fraction of sp³-hybridized carbons (Fsp3) is 0.222. The zero-order valence-corrected chi connectivity index (χ0v) is 7.64. The second kappa shape index (κ2) is 2.63. The molecule has 4 heteroatoms. The predicted molar refractivity (Wildman–Crippen MR) is 53.4 cm³/mol. The van der Waals surface area contributed by atoms with Crippen molar-refractivity contribution in [2.45, 2.75) is 0 Å². The van der Waals surface area contributed by atoms with Gasteiger partial charge in [0.1, 0.15) is 5.69 Å². The highest BCUT2D eigenvalue weighted by Crippen LogP contribution is 2.37. The van der Waals surface area contributed by atoms with Crippen LogP contribution in [-0.4, -0.2) is 25.4 Å². The molecule has 1 atom stereocenters. The van der Waals surface area contributed by atoms with Crippen molar-refractivity contribution in [2.24, 2.45) is 4.99 Å². The van der Waals surface area contributed by atoms with Crippen molar-refractivity contribution >= 4 is 17.7 Å². The Labute approximate surface area is 76.9 Å². The Hall–Kier alpha value is -1.23. The number of quaternary nitrogens is 1. The standard InChI is InChI=1S/C9H11N3O/c1-11(2)12(13)7-10-8-5-3-4-6-9(8)12/h3-7H,1-2H3. The monoisotopic (exact) mass is 177 g/mol. The Bertz CT molecular complexity index is 362. The zero-order valence-electron chi connectivity index (χ0n) is 7.64. The first kappa shape index (κ1) is 8.37. The van der Waals surface area contributed by atoms with Gasteiger partial charge in [-0.1, -0.05) is 12.1 Å². The number of hydroxylamine groups is 1. The highest BCUT2D eigenvalue weighted by atomic mass is 16.6. The van der Waals surface area contributed by atoms with E-state index in [2.05, 4.69) is 4.99 Å². The minimum atomic E-state index is -0.601. The number of aliphatic imine (C=N–C) groups is 1. The van der Waals surface area contributed by atoms with Gasteiger partial charge in [0.2, 0.25) is 6.34 Å². The van der Waals surface area contributed by atoms with E-state index in [1.165, 1.54) is 6.34 Å². The number of para-hydroxylation sites is 2. The van der Waals surface area contributed by atoms with Crippen LogP contribution in [0, 0.1) is 5.21 Å². The van der Waals surface area contributed by atoms with Crippen LogP contribution in [0.1, 0.15) is 0 Å². The first-order valence-corrected chi connectivity index (χ1v) is 4.07. The van der Waals surface area contributed by atoms with Crippen LogP contribution < -0.4 is 4.76 Å². The van der Waals surface area contributed by atoms with Crippen LogP contribution in [0.3, 0.4) is 0 Å². The summed E-state index contributed by atoms with van der Waals surface area (Å²) < 4.78 is -0.601. The van der Waals surface area contributed by atoms with Gasteiger partial charge in [-0.25, -0.2) is 4.76 Å². The van der Waals surface area contributed by atoms with E-state index in [9.17, 15) is 5.21 Å². The summed E-state index contributed by atoms with van der Waals surface area (Å²) in [7, 11) is 3.47. The Kier molecular flexibility index (Phi) is 1.69. The van der Waals surface area contributed by atoms with Gasteiger partial charge in [-0.2, -0.15) is 10.0 Å². The van der Waals surface area contributed by atoms with Crippen LogP contribution in [0.2, 0.25) is 0 Å². The van der Waals surface area contributed by atoms with Crippen LogP contribution in [0.15, 0.2) is 29.3 Å². The van der Waals surface area contributed by atoms with E-state index in [0.29, 0.717) is 5.69 Å². The largest absolute Gasteiger partial charge is 0.600 e. The van der Waals surface area contributed by atoms with Gasteiger partial charge < -0.3 is 5.21 Å². The maximum absolute atomic E-state index is 12.1. The second-order valence-corrected chi connectivity index (χ2v) is 3.20. The first-order chi connectivity index (χ1) is 6.14. The summed E-state index contributed by atoms with van der Waals surface area (Å²) in [6, 6.07) is 7.37. The summed E-state index contributed by atoms with van der Waals surface area (Å²) in [5.74, 6) is 0. The molecule has 13 heavy (non-hydrogen) atoms. The number of nitrogens with zero attached hydrogens (tertiary/aromatic N) is 3. The number of benzene rings is 1. The Morgan fingerprint density at radius 1 is 1.31 bits per heavy atom. The van der Waals surface area contributed by atoms with Gasteiger partial charge >= 0.3 is 0 Å². The first-order valence-electron chi connectivity index (χ1n) is 4.07. The van der Waals surface area contributed by atoms with Crippen molar-refractivity contribution < 1.29 is 0 Å². The van der Waals surface area contributed by atoms with E-state index >= 15 is 0 Å². The average molecular weight is 177 g/mol. The van der Waals surface area contributed by atoms with Crippen molar-refractivity contribution in [1.29, 1.82) is 0 Å². The van der Waals surface area contributed by atoms with Gasteiger partial charge in [-0.3, -0.25) is 0 Å². The quantitative estimate of drug-likeness (QED) is 0.483. The van der Waals surface area contributed by atoms with Crippen LogP contribution >= 0.6 is 0 Å². The maximum Gasteiger partial charge on any atom is 0.216 e. The molecule has 0 aliphatic carbocycles. The molecule has 68 valence electrons. The Morgan fingerprint density at radius 2 is 2.00 bits per heavy atom. The van der Waals surface area contributed by atoms with E-state index in [4.69, 9.17) is 0 Å². The van der Waals surface area contributed by atoms with E-state index in [-0.39, 0.29) is 0 Å². The molecule has 0 N–H and O–H groups in total. The lowest BCUT2D eigenvalue weighted by Gasteiger charge is -2.38. The molecule has 1 aliphatic heterocycles.